The first-order chi connectivity index (χ1) is 9.56. The van der Waals surface area contributed by atoms with Gasteiger partial charge in [-0.3, -0.25) is 0 Å². The predicted octanol–water partition coefficient (Wildman–Crippen LogP) is 3.21. The number of aryl methyl sites for hydroxylation is 2. The summed E-state index contributed by atoms with van der Waals surface area (Å²) in [4.78, 5) is 8.25. The van der Waals surface area contributed by atoms with Crippen LogP contribution in [0.25, 0.3) is 0 Å². The second-order valence-corrected chi connectivity index (χ2v) is 5.02. The number of imidazole rings is 1. The van der Waals surface area contributed by atoms with E-state index in [2.05, 4.69) is 41.8 Å². The monoisotopic (exact) mass is 285 g/mol. The predicted molar refractivity (Wildman–Crippen MR) is 78.6 cm³/mol. The first kappa shape index (κ1) is 18.4. The summed E-state index contributed by atoms with van der Waals surface area (Å²) in [6.45, 7) is 3.45. The van der Waals surface area contributed by atoms with Gasteiger partial charge in [0.1, 0.15) is 12.4 Å². The van der Waals surface area contributed by atoms with Gasteiger partial charge in [0.2, 0.25) is 6.33 Å². The van der Waals surface area contributed by atoms with Crippen molar-refractivity contribution in [1.82, 2.24) is 4.57 Å². The average molecular weight is 285 g/mol. The van der Waals surface area contributed by atoms with Crippen LogP contribution in [0.15, 0.2) is 18.7 Å². The molecule has 0 saturated heterocycles. The van der Waals surface area contributed by atoms with Crippen LogP contribution < -0.4 is 4.57 Å². The van der Waals surface area contributed by atoms with Crippen LogP contribution in [0.2, 0.25) is 0 Å². The molecule has 1 aromatic heterocycles. The van der Waals surface area contributed by atoms with E-state index in [0.29, 0.717) is 0 Å². The summed E-state index contributed by atoms with van der Waals surface area (Å²) in [5, 5.41) is 14.8. The average Bonchev–Trinajstić information content (AvgIpc) is 2.78. The molecule has 0 aliphatic carbocycles. The number of nitrogens with zero attached hydrogens (tertiary/aromatic N) is 3. The topological polar surface area (TPSA) is 75.0 Å². The summed E-state index contributed by atoms with van der Waals surface area (Å²) < 4.78 is 4.38. The van der Waals surface area contributed by atoms with Crippen molar-refractivity contribution in [2.75, 3.05) is 0 Å². The molecule has 1 aromatic rings. The number of rotatable bonds is 9. The lowest BCUT2D eigenvalue weighted by molar-refractivity contribution is -0.671. The van der Waals surface area contributed by atoms with Gasteiger partial charge in [0, 0.05) is 0 Å². The van der Waals surface area contributed by atoms with E-state index in [1.807, 2.05) is 0 Å². The van der Waals surface area contributed by atoms with Crippen LogP contribution in [0.4, 0.5) is 0 Å². The molecule has 0 bridgehead atoms. The normalized spacial score (nSPS) is 9.90. The summed E-state index contributed by atoms with van der Waals surface area (Å²) in [7, 11) is 2.07. The van der Waals surface area contributed by atoms with Gasteiger partial charge in [0.25, 0.3) is 0 Å². The zero-order valence-electron chi connectivity index (χ0n) is 12.7. The molecule has 1 heterocycles. The fourth-order valence-corrected chi connectivity index (χ4v) is 2.06. The van der Waals surface area contributed by atoms with Crippen LogP contribution in [0, 0.1) is 15.3 Å². The highest BCUT2D eigenvalue weighted by Crippen LogP contribution is 2.08. The van der Waals surface area contributed by atoms with Crippen molar-refractivity contribution in [2.24, 2.45) is 7.05 Å². The summed E-state index contributed by atoms with van der Waals surface area (Å²) in [6.07, 6.45) is 17.6. The first-order valence-electron chi connectivity index (χ1n) is 7.38. The van der Waals surface area contributed by atoms with Crippen LogP contribution in [0.3, 0.4) is 0 Å². The Morgan fingerprint density at radius 2 is 1.55 bits per heavy atom. The zero-order chi connectivity index (χ0) is 15.2. The summed E-state index contributed by atoms with van der Waals surface area (Å²) in [5.74, 6) is 0. The maximum absolute atomic E-state index is 8.25. The number of unbranched alkanes of at least 4 members (excludes halogenated alkanes) is 7. The van der Waals surface area contributed by atoms with Crippen molar-refractivity contribution < 1.29 is 9.65 Å². The van der Waals surface area contributed by atoms with E-state index in [0.717, 1.165) is 0 Å². The van der Waals surface area contributed by atoms with E-state index in [1.54, 1.807) is 0 Å². The number of hydrogen-bond donors (Lipinski definition) is 0. The minimum absolute atomic E-state index is 1.18. The molecule has 6 nitrogen and oxygen atoms in total. The standard InChI is InChI=1S/C14H27N2.NO3/c1-3-4-5-6-7-8-9-10-11-16-13-12-15(2)14-16;2-1(3)4/h12-14H,3-11H2,1-2H3;/q+1;-1. The largest absolute Gasteiger partial charge is 0.356 e. The highest BCUT2D eigenvalue weighted by molar-refractivity contribution is 4.65. The zero-order valence-corrected chi connectivity index (χ0v) is 12.7. The summed E-state index contributed by atoms with van der Waals surface area (Å²) >= 11 is 0. The van der Waals surface area contributed by atoms with E-state index in [-0.39, 0.29) is 0 Å². The van der Waals surface area contributed by atoms with Gasteiger partial charge in [-0.2, -0.15) is 0 Å². The molecule has 0 N–H and O–H groups in total. The third-order valence-corrected chi connectivity index (χ3v) is 3.09. The van der Waals surface area contributed by atoms with Gasteiger partial charge in [-0.05, 0) is 12.8 Å². The maximum Gasteiger partial charge on any atom is 0.243 e. The molecule has 0 radical (unpaired) electrons. The van der Waals surface area contributed by atoms with Crippen molar-refractivity contribution in [3.8, 4) is 0 Å². The van der Waals surface area contributed by atoms with Gasteiger partial charge in [0.05, 0.1) is 18.7 Å². The van der Waals surface area contributed by atoms with Gasteiger partial charge in [-0.15, -0.1) is 0 Å². The minimum Gasteiger partial charge on any atom is -0.356 e. The van der Waals surface area contributed by atoms with Gasteiger partial charge in [0.15, 0.2) is 0 Å². The minimum atomic E-state index is -1.75. The smallest absolute Gasteiger partial charge is 0.243 e. The van der Waals surface area contributed by atoms with Gasteiger partial charge in [-0.25, -0.2) is 9.13 Å². The second kappa shape index (κ2) is 12.4. The SMILES string of the molecule is CCCCCCCCCCn1cc[n+](C)c1.O=[N+]([O-])[O-]. The third kappa shape index (κ3) is 12.9. The van der Waals surface area contributed by atoms with Gasteiger partial charge >= 0.3 is 0 Å². The lowest BCUT2D eigenvalue weighted by Gasteiger charge is -2.00. The highest BCUT2D eigenvalue weighted by atomic mass is 16.9. The van der Waals surface area contributed by atoms with Crippen molar-refractivity contribution in [3.05, 3.63) is 34.0 Å². The fourth-order valence-electron chi connectivity index (χ4n) is 2.06. The van der Waals surface area contributed by atoms with Crippen molar-refractivity contribution >= 4 is 0 Å². The molecular formula is C14H27N3O3. The molecule has 20 heavy (non-hydrogen) atoms. The van der Waals surface area contributed by atoms with E-state index in [4.69, 9.17) is 15.3 Å². The molecule has 0 unspecified atom stereocenters. The van der Waals surface area contributed by atoms with Crippen molar-refractivity contribution in [3.63, 3.8) is 0 Å². The van der Waals surface area contributed by atoms with Gasteiger partial charge in [-0.1, -0.05) is 45.4 Å². The molecule has 0 aliphatic rings. The van der Waals surface area contributed by atoms with Crippen LogP contribution in [0.1, 0.15) is 58.3 Å². The maximum atomic E-state index is 8.25. The molecule has 0 atom stereocenters. The van der Waals surface area contributed by atoms with Crippen LogP contribution >= 0.6 is 0 Å². The Morgan fingerprint density at radius 1 is 1.05 bits per heavy atom. The van der Waals surface area contributed by atoms with Crippen molar-refractivity contribution in [2.45, 2.75) is 64.8 Å². The quantitative estimate of drug-likeness (QED) is 0.302. The molecule has 0 aliphatic heterocycles. The molecule has 0 fully saturated rings. The Kier molecular flexibility index (Phi) is 11.5. The van der Waals surface area contributed by atoms with E-state index in [9.17, 15) is 0 Å². The summed E-state index contributed by atoms with van der Waals surface area (Å²) in [6, 6.07) is 0. The molecule has 0 amide bonds. The van der Waals surface area contributed by atoms with E-state index < -0.39 is 5.09 Å². The third-order valence-electron chi connectivity index (χ3n) is 3.09. The highest BCUT2D eigenvalue weighted by Gasteiger charge is 1.98. The lowest BCUT2D eigenvalue weighted by atomic mass is 10.1. The molecule has 0 spiro atoms. The van der Waals surface area contributed by atoms with Crippen LogP contribution in [-0.2, 0) is 13.6 Å². The Balaban J connectivity index is 0.000000796. The number of hydrogen-bond acceptors (Lipinski definition) is 3. The summed E-state index contributed by atoms with van der Waals surface area (Å²) in [5.41, 5.74) is 0. The van der Waals surface area contributed by atoms with Crippen molar-refractivity contribution in [1.29, 1.82) is 0 Å². The second-order valence-electron chi connectivity index (χ2n) is 5.02. The Bertz CT molecular complexity index is 349. The van der Waals surface area contributed by atoms with Crippen LogP contribution in [0.5, 0.6) is 0 Å². The fraction of sp³-hybridized carbons (Fsp3) is 0.786. The molecular weight excluding hydrogens is 258 g/mol. The number of aromatic nitrogens is 2. The van der Waals surface area contributed by atoms with Crippen LogP contribution in [-0.4, -0.2) is 9.65 Å². The molecule has 1 rings (SSSR count). The molecule has 0 saturated carbocycles. The Hall–Kier alpha value is -1.59. The molecule has 6 heteroatoms. The first-order valence-corrected chi connectivity index (χ1v) is 7.38. The van der Waals surface area contributed by atoms with E-state index >= 15 is 0 Å². The van der Waals surface area contributed by atoms with E-state index in [1.165, 1.54) is 57.9 Å². The Labute approximate surface area is 121 Å². The molecule has 0 aromatic carbocycles. The Morgan fingerprint density at radius 3 is 2.00 bits per heavy atom. The molecule has 116 valence electrons. The lowest BCUT2D eigenvalue weighted by Crippen LogP contribution is -2.23. The van der Waals surface area contributed by atoms with Gasteiger partial charge < -0.3 is 15.3 Å².